The standard InChI is InChI=1S/C19H18N2O5/c1-19-10-14(13-7-4-8-15(25-2)16(13)26-19)20-18(24)21(19)12-6-3-5-11(9-12)17(22)23/h3-9,14H,10H2,1-2H3,(H,20,24)(H,22,23)/p-1/t14-,19-/m0/s1. The van der Waals surface area contributed by atoms with Gasteiger partial charge in [0.15, 0.2) is 17.2 Å². The van der Waals surface area contributed by atoms with E-state index in [2.05, 4.69) is 5.32 Å². The molecule has 7 heteroatoms. The summed E-state index contributed by atoms with van der Waals surface area (Å²) in [4.78, 5) is 25.4. The molecule has 2 aromatic carbocycles. The number of ether oxygens (including phenoxy) is 2. The van der Waals surface area contributed by atoms with Crippen LogP contribution in [-0.2, 0) is 0 Å². The number of aromatic carboxylic acids is 1. The highest BCUT2D eigenvalue weighted by Gasteiger charge is 2.50. The number of carboxylic acid groups (broad SMARTS) is 1. The number of benzene rings is 2. The van der Waals surface area contributed by atoms with Gasteiger partial charge in [0.05, 0.1) is 24.8 Å². The fourth-order valence-electron chi connectivity index (χ4n) is 3.68. The molecule has 0 unspecified atom stereocenters. The Morgan fingerprint density at radius 2 is 2.12 bits per heavy atom. The highest BCUT2D eigenvalue weighted by molar-refractivity contribution is 5.96. The van der Waals surface area contributed by atoms with Crippen LogP contribution in [0.25, 0.3) is 0 Å². The fourth-order valence-corrected chi connectivity index (χ4v) is 3.68. The smallest absolute Gasteiger partial charge is 0.325 e. The lowest BCUT2D eigenvalue weighted by Crippen LogP contribution is -2.65. The number of para-hydroxylation sites is 1. The van der Waals surface area contributed by atoms with Gasteiger partial charge in [0, 0.05) is 12.0 Å². The number of urea groups is 1. The van der Waals surface area contributed by atoms with E-state index in [9.17, 15) is 14.7 Å². The van der Waals surface area contributed by atoms with Gasteiger partial charge < -0.3 is 24.7 Å². The van der Waals surface area contributed by atoms with Crippen molar-refractivity contribution in [1.82, 2.24) is 5.32 Å². The van der Waals surface area contributed by atoms with Crippen LogP contribution in [0.1, 0.15) is 35.3 Å². The zero-order valence-corrected chi connectivity index (χ0v) is 14.3. The van der Waals surface area contributed by atoms with E-state index in [1.807, 2.05) is 12.1 Å². The third kappa shape index (κ3) is 2.35. The molecule has 2 aliphatic heterocycles. The molecule has 26 heavy (non-hydrogen) atoms. The van der Waals surface area contributed by atoms with Gasteiger partial charge in [0.25, 0.3) is 0 Å². The van der Waals surface area contributed by atoms with Gasteiger partial charge in [-0.2, -0.15) is 0 Å². The van der Waals surface area contributed by atoms with Gasteiger partial charge in [0.2, 0.25) is 0 Å². The molecule has 0 aliphatic carbocycles. The first-order chi connectivity index (χ1) is 12.4. The van der Waals surface area contributed by atoms with Crippen molar-refractivity contribution in [3.05, 3.63) is 53.6 Å². The van der Waals surface area contributed by atoms with Gasteiger partial charge in [-0.05, 0) is 30.7 Å². The Balaban J connectivity index is 1.81. The van der Waals surface area contributed by atoms with Crippen LogP contribution in [0.3, 0.4) is 0 Å². The predicted molar refractivity (Wildman–Crippen MR) is 91.2 cm³/mol. The van der Waals surface area contributed by atoms with Crippen molar-refractivity contribution >= 4 is 17.7 Å². The first-order valence-corrected chi connectivity index (χ1v) is 8.21. The lowest BCUT2D eigenvalue weighted by molar-refractivity contribution is -0.255. The highest BCUT2D eigenvalue weighted by Crippen LogP contribution is 2.48. The zero-order valence-electron chi connectivity index (χ0n) is 14.3. The normalized spacial score (nSPS) is 23.5. The summed E-state index contributed by atoms with van der Waals surface area (Å²) in [6.07, 6.45) is 0.508. The Kier molecular flexibility index (Phi) is 3.54. The van der Waals surface area contributed by atoms with E-state index in [-0.39, 0.29) is 17.6 Å². The van der Waals surface area contributed by atoms with Gasteiger partial charge in [-0.1, -0.05) is 24.3 Å². The topological polar surface area (TPSA) is 90.9 Å². The van der Waals surface area contributed by atoms with Crippen molar-refractivity contribution in [2.24, 2.45) is 0 Å². The molecule has 0 aromatic heterocycles. The van der Waals surface area contributed by atoms with Crippen LogP contribution in [0.15, 0.2) is 42.5 Å². The molecule has 0 spiro atoms. The Bertz CT molecular complexity index is 913. The van der Waals surface area contributed by atoms with Crippen molar-refractivity contribution in [2.45, 2.75) is 25.1 Å². The predicted octanol–water partition coefficient (Wildman–Crippen LogP) is 1.83. The molecule has 1 fully saturated rings. The van der Waals surface area contributed by atoms with E-state index in [4.69, 9.17) is 9.47 Å². The largest absolute Gasteiger partial charge is 0.545 e. The highest BCUT2D eigenvalue weighted by atomic mass is 16.5. The van der Waals surface area contributed by atoms with Crippen LogP contribution in [0.5, 0.6) is 11.5 Å². The van der Waals surface area contributed by atoms with Crippen LogP contribution in [0.4, 0.5) is 10.5 Å². The molecule has 0 radical (unpaired) electrons. The number of carbonyl (C=O) groups excluding carboxylic acids is 2. The van der Waals surface area contributed by atoms with Crippen LogP contribution in [-0.4, -0.2) is 24.8 Å². The third-order valence-corrected chi connectivity index (χ3v) is 4.82. The second-order valence-electron chi connectivity index (χ2n) is 6.54. The molecule has 1 N–H and O–H groups in total. The number of carboxylic acids is 1. The average molecular weight is 353 g/mol. The number of anilines is 1. The Morgan fingerprint density at radius 3 is 2.85 bits per heavy atom. The summed E-state index contributed by atoms with van der Waals surface area (Å²) in [5, 5.41) is 14.1. The van der Waals surface area contributed by atoms with Crippen LogP contribution in [0, 0.1) is 0 Å². The maximum atomic E-state index is 12.8. The fraction of sp³-hybridized carbons (Fsp3) is 0.263. The van der Waals surface area contributed by atoms with Crippen LogP contribution in [0.2, 0.25) is 0 Å². The maximum absolute atomic E-state index is 12.8. The summed E-state index contributed by atoms with van der Waals surface area (Å²) in [7, 11) is 1.56. The second kappa shape index (κ2) is 5.66. The summed E-state index contributed by atoms with van der Waals surface area (Å²) in [5.41, 5.74) is 0.288. The van der Waals surface area contributed by atoms with E-state index in [1.54, 1.807) is 32.2 Å². The molecule has 2 bridgehead atoms. The zero-order chi connectivity index (χ0) is 18.5. The van der Waals surface area contributed by atoms with Crippen LogP contribution >= 0.6 is 0 Å². The maximum Gasteiger partial charge on any atom is 0.325 e. The number of rotatable bonds is 3. The number of carbonyl (C=O) groups is 2. The monoisotopic (exact) mass is 353 g/mol. The molecule has 0 saturated carbocycles. The lowest BCUT2D eigenvalue weighted by Gasteiger charge is -2.50. The number of nitrogens with zero attached hydrogens (tertiary/aromatic N) is 1. The van der Waals surface area contributed by atoms with Crippen molar-refractivity contribution in [3.8, 4) is 11.5 Å². The Labute approximate surface area is 150 Å². The van der Waals surface area contributed by atoms with Crippen molar-refractivity contribution in [1.29, 1.82) is 0 Å². The van der Waals surface area contributed by atoms with Crippen molar-refractivity contribution in [2.75, 3.05) is 12.0 Å². The number of hydrogen-bond donors (Lipinski definition) is 1. The van der Waals surface area contributed by atoms with Crippen molar-refractivity contribution in [3.63, 3.8) is 0 Å². The molecular weight excluding hydrogens is 336 g/mol. The van der Waals surface area contributed by atoms with E-state index in [0.717, 1.165) is 5.56 Å². The Morgan fingerprint density at radius 1 is 1.35 bits per heavy atom. The van der Waals surface area contributed by atoms with E-state index in [0.29, 0.717) is 23.6 Å². The average Bonchev–Trinajstić information content (AvgIpc) is 2.60. The summed E-state index contributed by atoms with van der Waals surface area (Å²) in [6.45, 7) is 1.81. The minimum atomic E-state index is -1.30. The first kappa shape index (κ1) is 16.3. The van der Waals surface area contributed by atoms with Gasteiger partial charge in [-0.3, -0.25) is 4.90 Å². The molecule has 2 aliphatic rings. The lowest BCUT2D eigenvalue weighted by atomic mass is 9.90. The quantitative estimate of drug-likeness (QED) is 0.909. The second-order valence-corrected chi connectivity index (χ2v) is 6.54. The summed E-state index contributed by atoms with van der Waals surface area (Å²) in [5.74, 6) is -0.142. The van der Waals surface area contributed by atoms with Crippen LogP contribution < -0.4 is 24.8 Å². The van der Waals surface area contributed by atoms with E-state index in [1.165, 1.54) is 17.0 Å². The molecule has 2 aromatic rings. The number of hydrogen-bond acceptors (Lipinski definition) is 5. The molecule has 134 valence electrons. The minimum Gasteiger partial charge on any atom is -0.545 e. The number of nitrogens with one attached hydrogen (secondary N) is 1. The number of methoxy groups -OCH3 is 1. The molecule has 2 amide bonds. The van der Waals surface area contributed by atoms with Gasteiger partial charge in [-0.25, -0.2) is 4.79 Å². The van der Waals surface area contributed by atoms with Crippen molar-refractivity contribution < 1.29 is 24.2 Å². The summed E-state index contributed by atoms with van der Waals surface area (Å²) in [6, 6.07) is 11.0. The summed E-state index contributed by atoms with van der Waals surface area (Å²) >= 11 is 0. The van der Waals surface area contributed by atoms with E-state index < -0.39 is 11.7 Å². The molecular formula is C19H17N2O5-. The Hall–Kier alpha value is -3.22. The molecule has 7 nitrogen and oxygen atoms in total. The van der Waals surface area contributed by atoms with Gasteiger partial charge in [0.1, 0.15) is 0 Å². The van der Waals surface area contributed by atoms with E-state index >= 15 is 0 Å². The number of amides is 2. The number of fused-ring (bicyclic) bond motifs is 4. The molecule has 2 atom stereocenters. The third-order valence-electron chi connectivity index (χ3n) is 4.82. The summed E-state index contributed by atoms with van der Waals surface area (Å²) < 4.78 is 11.6. The molecule has 2 heterocycles. The molecule has 4 rings (SSSR count). The molecule has 1 saturated heterocycles. The SMILES string of the molecule is COc1cccc2c1O[C@@]1(C)C[C@@H]2NC(=O)N1c1cccc(C(=O)[O-])c1. The minimum absolute atomic E-state index is 0.00480. The van der Waals surface area contributed by atoms with Gasteiger partial charge in [-0.15, -0.1) is 0 Å². The first-order valence-electron chi connectivity index (χ1n) is 8.21. The van der Waals surface area contributed by atoms with Gasteiger partial charge >= 0.3 is 6.03 Å².